The Bertz CT molecular complexity index is 801. The maximum atomic E-state index is 12.4. The fourth-order valence-electron chi connectivity index (χ4n) is 2.93. The van der Waals surface area contributed by atoms with Gasteiger partial charge in [-0.25, -0.2) is 0 Å². The summed E-state index contributed by atoms with van der Waals surface area (Å²) in [4.78, 5) is 26.6. The molecule has 0 N–H and O–H groups in total. The van der Waals surface area contributed by atoms with Gasteiger partial charge in [-0.2, -0.15) is 0 Å². The van der Waals surface area contributed by atoms with E-state index in [2.05, 4.69) is 4.90 Å². The van der Waals surface area contributed by atoms with Gasteiger partial charge in [0.15, 0.2) is 6.61 Å². The van der Waals surface area contributed by atoms with Gasteiger partial charge >= 0.3 is 0 Å². The van der Waals surface area contributed by atoms with Gasteiger partial charge in [0.1, 0.15) is 11.5 Å². The van der Waals surface area contributed by atoms with Crippen LogP contribution in [0.25, 0.3) is 0 Å². The number of ether oxygens (including phenoxy) is 2. The molecular formula is C19H21N3O5. The molecule has 1 fully saturated rings. The predicted molar refractivity (Wildman–Crippen MR) is 100 cm³/mol. The highest BCUT2D eigenvalue weighted by Crippen LogP contribution is 2.21. The minimum atomic E-state index is -0.414. The molecule has 0 saturated carbocycles. The molecule has 8 heteroatoms. The van der Waals surface area contributed by atoms with Crippen LogP contribution in [-0.2, 0) is 4.79 Å². The number of amides is 1. The van der Waals surface area contributed by atoms with Crippen molar-refractivity contribution >= 4 is 17.3 Å². The van der Waals surface area contributed by atoms with Crippen molar-refractivity contribution in [3.05, 3.63) is 58.6 Å². The van der Waals surface area contributed by atoms with Gasteiger partial charge in [-0.15, -0.1) is 0 Å². The van der Waals surface area contributed by atoms with Crippen molar-refractivity contribution in [2.24, 2.45) is 0 Å². The molecule has 0 bridgehead atoms. The third-order valence-corrected chi connectivity index (χ3v) is 4.46. The van der Waals surface area contributed by atoms with Crippen LogP contribution in [0.3, 0.4) is 0 Å². The lowest BCUT2D eigenvalue weighted by Gasteiger charge is -2.36. The van der Waals surface area contributed by atoms with Crippen LogP contribution < -0.4 is 14.4 Å². The van der Waals surface area contributed by atoms with Crippen LogP contribution in [0.4, 0.5) is 11.4 Å². The number of hydrogen-bond donors (Lipinski definition) is 0. The van der Waals surface area contributed by atoms with Gasteiger partial charge in [-0.3, -0.25) is 14.9 Å². The van der Waals surface area contributed by atoms with Crippen molar-refractivity contribution in [1.82, 2.24) is 4.90 Å². The minimum absolute atomic E-state index is 0.0231. The van der Waals surface area contributed by atoms with Crippen molar-refractivity contribution < 1.29 is 19.2 Å². The van der Waals surface area contributed by atoms with E-state index in [9.17, 15) is 14.9 Å². The Kier molecular flexibility index (Phi) is 5.75. The van der Waals surface area contributed by atoms with Crippen LogP contribution >= 0.6 is 0 Å². The van der Waals surface area contributed by atoms with Gasteiger partial charge in [-0.05, 0) is 24.3 Å². The Balaban J connectivity index is 1.49. The number of non-ortho nitro benzene ring substituents is 1. The summed E-state index contributed by atoms with van der Waals surface area (Å²) in [6, 6.07) is 13.6. The molecular weight excluding hydrogens is 350 g/mol. The molecule has 1 aliphatic rings. The Morgan fingerprint density at radius 3 is 2.37 bits per heavy atom. The molecule has 0 aliphatic carbocycles. The molecule has 1 aliphatic heterocycles. The van der Waals surface area contributed by atoms with Gasteiger partial charge in [0.2, 0.25) is 0 Å². The zero-order chi connectivity index (χ0) is 19.2. The fourth-order valence-corrected chi connectivity index (χ4v) is 2.93. The van der Waals surface area contributed by atoms with E-state index < -0.39 is 4.92 Å². The highest BCUT2D eigenvalue weighted by atomic mass is 16.6. The van der Waals surface area contributed by atoms with E-state index in [1.54, 1.807) is 36.3 Å². The molecule has 1 saturated heterocycles. The van der Waals surface area contributed by atoms with Gasteiger partial charge in [-0.1, -0.05) is 6.07 Å². The summed E-state index contributed by atoms with van der Waals surface area (Å²) in [5.41, 5.74) is 0.989. The van der Waals surface area contributed by atoms with Crippen LogP contribution in [0, 0.1) is 10.1 Å². The minimum Gasteiger partial charge on any atom is -0.497 e. The molecule has 2 aromatic rings. The number of piperazine rings is 1. The number of hydrogen-bond acceptors (Lipinski definition) is 6. The van der Waals surface area contributed by atoms with E-state index >= 15 is 0 Å². The average Bonchev–Trinajstić information content (AvgIpc) is 2.72. The Morgan fingerprint density at radius 1 is 1.07 bits per heavy atom. The number of methoxy groups -OCH3 is 1. The first-order valence-electron chi connectivity index (χ1n) is 8.61. The van der Waals surface area contributed by atoms with Crippen molar-refractivity contribution in [2.75, 3.05) is 44.8 Å². The van der Waals surface area contributed by atoms with Gasteiger partial charge in [0.25, 0.3) is 11.6 Å². The van der Waals surface area contributed by atoms with Crippen LogP contribution in [0.1, 0.15) is 0 Å². The number of carbonyl (C=O) groups excluding carboxylic acids is 1. The summed E-state index contributed by atoms with van der Waals surface area (Å²) in [6.45, 7) is 2.48. The molecule has 0 radical (unpaired) electrons. The second-order valence-corrected chi connectivity index (χ2v) is 6.11. The number of carbonyl (C=O) groups is 1. The number of nitrogens with zero attached hydrogens (tertiary/aromatic N) is 3. The smallest absolute Gasteiger partial charge is 0.269 e. The molecule has 8 nitrogen and oxygen atoms in total. The fraction of sp³-hybridized carbons (Fsp3) is 0.316. The Labute approximate surface area is 157 Å². The number of anilines is 1. The number of nitro groups is 1. The van der Waals surface area contributed by atoms with Gasteiger partial charge < -0.3 is 19.3 Å². The summed E-state index contributed by atoms with van der Waals surface area (Å²) in [5, 5.41) is 10.7. The van der Waals surface area contributed by atoms with Gasteiger partial charge in [0.05, 0.1) is 12.0 Å². The molecule has 0 atom stereocenters. The molecule has 0 aromatic heterocycles. The van der Waals surface area contributed by atoms with Crippen molar-refractivity contribution in [2.45, 2.75) is 0 Å². The third kappa shape index (κ3) is 4.66. The standard InChI is InChI=1S/C19H21N3O5/c1-26-17-3-2-4-18(13-17)27-14-19(23)21-11-9-20(10-12-21)15-5-7-16(8-6-15)22(24)25/h2-8,13H,9-12,14H2,1H3. The SMILES string of the molecule is COc1cccc(OCC(=O)N2CCN(c3ccc([N+](=O)[O-])cc3)CC2)c1. The topological polar surface area (TPSA) is 85.2 Å². The normalized spacial score (nSPS) is 14.0. The first kappa shape index (κ1) is 18.5. The zero-order valence-electron chi connectivity index (χ0n) is 15.0. The second kappa shape index (κ2) is 8.39. The number of benzene rings is 2. The third-order valence-electron chi connectivity index (χ3n) is 4.46. The monoisotopic (exact) mass is 371 g/mol. The zero-order valence-corrected chi connectivity index (χ0v) is 15.0. The number of rotatable bonds is 6. The van der Waals surface area contributed by atoms with E-state index in [4.69, 9.17) is 9.47 Å². The van der Waals surface area contributed by atoms with Crippen molar-refractivity contribution in [1.29, 1.82) is 0 Å². The van der Waals surface area contributed by atoms with Crippen LogP contribution in [0.5, 0.6) is 11.5 Å². The highest BCUT2D eigenvalue weighted by Gasteiger charge is 2.22. The molecule has 3 rings (SSSR count). The average molecular weight is 371 g/mol. The molecule has 0 unspecified atom stereocenters. The van der Waals surface area contributed by atoms with Crippen LogP contribution in [0.15, 0.2) is 48.5 Å². The van der Waals surface area contributed by atoms with Crippen molar-refractivity contribution in [3.63, 3.8) is 0 Å². The molecule has 1 amide bonds. The van der Waals surface area contributed by atoms with E-state index in [0.29, 0.717) is 37.7 Å². The summed E-state index contributed by atoms with van der Waals surface area (Å²) in [6.07, 6.45) is 0. The molecule has 1 heterocycles. The van der Waals surface area contributed by atoms with E-state index in [0.717, 1.165) is 5.69 Å². The Morgan fingerprint density at radius 2 is 1.74 bits per heavy atom. The van der Waals surface area contributed by atoms with Gasteiger partial charge in [0, 0.05) is 50.1 Å². The van der Waals surface area contributed by atoms with Crippen LogP contribution in [-0.4, -0.2) is 55.6 Å². The summed E-state index contributed by atoms with van der Waals surface area (Å²) in [5.74, 6) is 1.20. The lowest BCUT2D eigenvalue weighted by Crippen LogP contribution is -2.50. The predicted octanol–water partition coefficient (Wildman–Crippen LogP) is 2.33. The van der Waals surface area contributed by atoms with Crippen LogP contribution in [0.2, 0.25) is 0 Å². The summed E-state index contributed by atoms with van der Waals surface area (Å²) >= 11 is 0. The lowest BCUT2D eigenvalue weighted by atomic mass is 10.2. The Hall–Kier alpha value is -3.29. The highest BCUT2D eigenvalue weighted by molar-refractivity contribution is 5.78. The summed E-state index contributed by atoms with van der Waals surface area (Å²) in [7, 11) is 1.58. The maximum Gasteiger partial charge on any atom is 0.269 e. The molecule has 27 heavy (non-hydrogen) atoms. The largest absolute Gasteiger partial charge is 0.497 e. The molecule has 2 aromatic carbocycles. The first-order valence-corrected chi connectivity index (χ1v) is 8.61. The first-order chi connectivity index (χ1) is 13.1. The van der Waals surface area contributed by atoms with Crippen molar-refractivity contribution in [3.8, 4) is 11.5 Å². The molecule has 142 valence electrons. The molecule has 0 spiro atoms. The van der Waals surface area contributed by atoms with E-state index in [1.165, 1.54) is 12.1 Å². The maximum absolute atomic E-state index is 12.4. The lowest BCUT2D eigenvalue weighted by molar-refractivity contribution is -0.384. The summed E-state index contributed by atoms with van der Waals surface area (Å²) < 4.78 is 10.7. The number of nitro benzene ring substituents is 1. The quantitative estimate of drug-likeness (QED) is 0.572. The second-order valence-electron chi connectivity index (χ2n) is 6.11. The van der Waals surface area contributed by atoms with E-state index in [1.807, 2.05) is 12.1 Å². The van der Waals surface area contributed by atoms with E-state index in [-0.39, 0.29) is 18.2 Å².